The quantitative estimate of drug-likeness (QED) is 0.484. The molecule has 6 nitrogen and oxygen atoms in total. The lowest BCUT2D eigenvalue weighted by molar-refractivity contribution is 0.0731. The van der Waals surface area contributed by atoms with E-state index in [1.807, 2.05) is 0 Å². The largest absolute Gasteiger partial charge is 0.420 e. The maximum Gasteiger partial charge on any atom is 0.344 e. The second kappa shape index (κ2) is 7.53. The molecular formula is C16H14Br2N2O4S. The summed E-state index contributed by atoms with van der Waals surface area (Å²) in [5.74, 6) is -0.411. The zero-order valence-corrected chi connectivity index (χ0v) is 17.0. The van der Waals surface area contributed by atoms with Gasteiger partial charge in [-0.1, -0.05) is 0 Å². The minimum absolute atomic E-state index is 0.0785. The number of hydrogen-bond donors (Lipinski definition) is 0. The van der Waals surface area contributed by atoms with Gasteiger partial charge in [-0.3, -0.25) is 0 Å². The molecule has 0 aliphatic carbocycles. The molecule has 0 saturated carbocycles. The molecule has 0 amide bonds. The lowest BCUT2D eigenvalue weighted by atomic mass is 10.2. The third-order valence-electron chi connectivity index (χ3n) is 3.79. The maximum atomic E-state index is 12.7. The summed E-state index contributed by atoms with van der Waals surface area (Å²) in [7, 11) is -3.61. The van der Waals surface area contributed by atoms with Gasteiger partial charge in [-0.15, -0.1) is 0 Å². The third-order valence-corrected chi connectivity index (χ3v) is 6.97. The first-order valence-corrected chi connectivity index (χ1v) is 10.5. The standard InChI is InChI=1S/C16H14Br2N2O4S/c17-13-6-5-11(25(22,23)20-8-1-2-9-20)10-12(13)16(21)24-14-4-3-7-19-15(14)18/h3-7,10H,1-2,8-9H2. The van der Waals surface area contributed by atoms with Crippen molar-refractivity contribution in [1.82, 2.24) is 9.29 Å². The molecule has 25 heavy (non-hydrogen) atoms. The number of sulfonamides is 1. The second-order valence-corrected chi connectivity index (χ2v) is 8.98. The second-order valence-electron chi connectivity index (χ2n) is 5.43. The molecule has 132 valence electrons. The van der Waals surface area contributed by atoms with Crippen LogP contribution >= 0.6 is 31.9 Å². The summed E-state index contributed by atoms with van der Waals surface area (Å²) in [6, 6.07) is 7.58. The van der Waals surface area contributed by atoms with Crippen molar-refractivity contribution in [3.05, 3.63) is 51.2 Å². The lowest BCUT2D eigenvalue weighted by Gasteiger charge is -2.16. The summed E-state index contributed by atoms with van der Waals surface area (Å²) >= 11 is 6.48. The number of benzene rings is 1. The molecule has 0 unspecified atom stereocenters. The molecule has 0 radical (unpaired) electrons. The van der Waals surface area contributed by atoms with Gasteiger partial charge < -0.3 is 4.74 Å². The van der Waals surface area contributed by atoms with Crippen molar-refractivity contribution >= 4 is 47.9 Å². The summed E-state index contributed by atoms with van der Waals surface area (Å²) in [6.07, 6.45) is 3.25. The first kappa shape index (κ1) is 18.5. The van der Waals surface area contributed by atoms with Crippen LogP contribution in [0, 0.1) is 0 Å². The molecule has 9 heteroatoms. The number of nitrogens with zero attached hydrogens (tertiary/aromatic N) is 2. The van der Waals surface area contributed by atoms with Crippen LogP contribution in [0.4, 0.5) is 0 Å². The van der Waals surface area contributed by atoms with Gasteiger partial charge in [0.2, 0.25) is 10.0 Å². The van der Waals surface area contributed by atoms with E-state index in [2.05, 4.69) is 36.8 Å². The molecule has 1 saturated heterocycles. The third kappa shape index (κ3) is 3.94. The van der Waals surface area contributed by atoms with Crippen LogP contribution in [0.2, 0.25) is 0 Å². The van der Waals surface area contributed by atoms with Gasteiger partial charge >= 0.3 is 5.97 Å². The van der Waals surface area contributed by atoms with Crippen LogP contribution in [-0.4, -0.2) is 36.8 Å². The topological polar surface area (TPSA) is 76.6 Å². The van der Waals surface area contributed by atoms with Crippen LogP contribution < -0.4 is 4.74 Å². The molecule has 1 fully saturated rings. The van der Waals surface area contributed by atoms with Crippen LogP contribution in [0.3, 0.4) is 0 Å². The van der Waals surface area contributed by atoms with Crippen molar-refractivity contribution in [2.45, 2.75) is 17.7 Å². The van der Waals surface area contributed by atoms with Gasteiger partial charge in [0.15, 0.2) is 5.75 Å². The minimum Gasteiger partial charge on any atom is -0.420 e. The van der Waals surface area contributed by atoms with E-state index in [1.54, 1.807) is 18.3 Å². The molecule has 0 bridgehead atoms. The number of esters is 1. The highest BCUT2D eigenvalue weighted by Gasteiger charge is 2.28. The molecule has 2 aromatic rings. The maximum absolute atomic E-state index is 12.7. The van der Waals surface area contributed by atoms with Crippen LogP contribution in [0.5, 0.6) is 5.75 Å². The fourth-order valence-electron chi connectivity index (χ4n) is 2.50. The predicted molar refractivity (Wildman–Crippen MR) is 99.0 cm³/mol. The van der Waals surface area contributed by atoms with Gasteiger partial charge in [-0.2, -0.15) is 4.31 Å². The van der Waals surface area contributed by atoms with Crippen LogP contribution in [0.15, 0.2) is 50.5 Å². The Morgan fingerprint density at radius 2 is 1.88 bits per heavy atom. The zero-order valence-electron chi connectivity index (χ0n) is 13.0. The first-order chi connectivity index (χ1) is 11.9. The first-order valence-electron chi connectivity index (χ1n) is 7.52. The van der Waals surface area contributed by atoms with Crippen molar-refractivity contribution in [2.75, 3.05) is 13.1 Å². The van der Waals surface area contributed by atoms with Gasteiger partial charge in [0, 0.05) is 23.8 Å². The van der Waals surface area contributed by atoms with Gasteiger partial charge in [-0.25, -0.2) is 18.2 Å². The normalized spacial score (nSPS) is 15.3. The molecule has 0 atom stereocenters. The summed E-state index contributed by atoms with van der Waals surface area (Å²) in [4.78, 5) is 16.5. The fraction of sp³-hybridized carbons (Fsp3) is 0.250. The Labute approximate surface area is 162 Å². The van der Waals surface area contributed by atoms with E-state index in [4.69, 9.17) is 4.74 Å². The number of halogens is 2. The smallest absolute Gasteiger partial charge is 0.344 e. The number of carbonyl (C=O) groups is 1. The van der Waals surface area contributed by atoms with Gasteiger partial charge in [0.1, 0.15) is 4.60 Å². The van der Waals surface area contributed by atoms with Crippen molar-refractivity contribution in [2.24, 2.45) is 0 Å². The van der Waals surface area contributed by atoms with E-state index in [-0.39, 0.29) is 16.2 Å². The Balaban J connectivity index is 1.91. The molecule has 2 heterocycles. The molecule has 1 aromatic carbocycles. The van der Waals surface area contributed by atoms with Crippen molar-refractivity contribution in [3.8, 4) is 5.75 Å². The number of pyridine rings is 1. The summed E-state index contributed by atoms with van der Waals surface area (Å²) in [5.41, 5.74) is 0.135. The highest BCUT2D eigenvalue weighted by molar-refractivity contribution is 9.10. The minimum atomic E-state index is -3.61. The Morgan fingerprint density at radius 1 is 1.16 bits per heavy atom. The highest BCUT2D eigenvalue weighted by Crippen LogP contribution is 2.28. The number of carbonyl (C=O) groups excluding carboxylic acids is 1. The summed E-state index contributed by atoms with van der Waals surface area (Å²) < 4.78 is 32.9. The lowest BCUT2D eigenvalue weighted by Crippen LogP contribution is -2.28. The predicted octanol–water partition coefficient (Wildman–Crippen LogP) is 3.61. The molecule has 0 N–H and O–H groups in total. The summed E-state index contributed by atoms with van der Waals surface area (Å²) in [5, 5.41) is 0. The number of rotatable bonds is 4. The molecule has 1 aromatic heterocycles. The molecular weight excluding hydrogens is 476 g/mol. The van der Waals surface area contributed by atoms with Crippen LogP contribution in [0.1, 0.15) is 23.2 Å². The average molecular weight is 490 g/mol. The van der Waals surface area contributed by atoms with Gasteiger partial charge in [0.05, 0.1) is 10.5 Å². The van der Waals surface area contributed by atoms with Crippen molar-refractivity contribution in [1.29, 1.82) is 0 Å². The van der Waals surface area contributed by atoms with Crippen molar-refractivity contribution < 1.29 is 17.9 Å². The Morgan fingerprint density at radius 3 is 2.56 bits per heavy atom. The highest BCUT2D eigenvalue weighted by atomic mass is 79.9. The number of hydrogen-bond acceptors (Lipinski definition) is 5. The van der Waals surface area contributed by atoms with E-state index in [1.165, 1.54) is 22.5 Å². The Bertz CT molecular complexity index is 912. The zero-order chi connectivity index (χ0) is 18.0. The van der Waals surface area contributed by atoms with Gasteiger partial charge in [0.25, 0.3) is 0 Å². The number of aromatic nitrogens is 1. The fourth-order valence-corrected chi connectivity index (χ4v) is 4.78. The Hall–Kier alpha value is -1.29. The number of ether oxygens (including phenoxy) is 1. The molecule has 1 aliphatic rings. The molecule has 3 rings (SSSR count). The van der Waals surface area contributed by atoms with E-state index in [9.17, 15) is 13.2 Å². The average Bonchev–Trinajstić information content (AvgIpc) is 3.12. The van der Waals surface area contributed by atoms with Crippen LogP contribution in [0.25, 0.3) is 0 Å². The SMILES string of the molecule is O=C(Oc1cccnc1Br)c1cc(S(=O)(=O)N2CCCC2)ccc1Br. The molecule has 0 spiro atoms. The van der Waals surface area contributed by atoms with E-state index >= 15 is 0 Å². The van der Waals surface area contributed by atoms with E-state index < -0.39 is 16.0 Å². The monoisotopic (exact) mass is 488 g/mol. The Kier molecular flexibility index (Phi) is 5.57. The van der Waals surface area contributed by atoms with E-state index in [0.29, 0.717) is 22.2 Å². The van der Waals surface area contributed by atoms with E-state index in [0.717, 1.165) is 12.8 Å². The van der Waals surface area contributed by atoms with Crippen LogP contribution in [-0.2, 0) is 10.0 Å². The molecule has 1 aliphatic heterocycles. The van der Waals surface area contributed by atoms with Gasteiger partial charge in [-0.05, 0) is 75.0 Å². The van der Waals surface area contributed by atoms with Crippen molar-refractivity contribution in [3.63, 3.8) is 0 Å². The summed E-state index contributed by atoms with van der Waals surface area (Å²) in [6.45, 7) is 1.00.